The van der Waals surface area contributed by atoms with Crippen LogP contribution in [-0.4, -0.2) is 32.2 Å². The Balaban J connectivity index is 1.81. The van der Waals surface area contributed by atoms with Crippen molar-refractivity contribution in [1.29, 1.82) is 0 Å². The fraction of sp³-hybridized carbons (Fsp3) is 0.500. The van der Waals surface area contributed by atoms with Gasteiger partial charge in [0.15, 0.2) is 11.5 Å². The van der Waals surface area contributed by atoms with Crippen LogP contribution in [0.25, 0.3) is 0 Å². The standard InChI is InChI=1S/C14H20N2O3/c1-2-16-13(17)6-7-15-10-11-4-3-5-12-14(11)19-9-8-18-12/h3-5,15H,2,6-10H2,1H3,(H,16,17). The van der Waals surface area contributed by atoms with Crippen LogP contribution < -0.4 is 20.1 Å². The van der Waals surface area contributed by atoms with E-state index in [1.165, 1.54) is 0 Å². The normalized spacial score (nSPS) is 13.1. The van der Waals surface area contributed by atoms with E-state index in [1.54, 1.807) is 0 Å². The van der Waals surface area contributed by atoms with Crippen LogP contribution in [0.4, 0.5) is 0 Å². The van der Waals surface area contributed by atoms with E-state index in [0.29, 0.717) is 39.3 Å². The zero-order chi connectivity index (χ0) is 13.5. The molecule has 2 rings (SSSR count). The SMILES string of the molecule is CCNC(=O)CCNCc1cccc2c1OCCO2. The van der Waals surface area contributed by atoms with Crippen LogP contribution >= 0.6 is 0 Å². The van der Waals surface area contributed by atoms with Crippen LogP contribution in [0, 0.1) is 0 Å². The maximum absolute atomic E-state index is 11.3. The molecule has 2 N–H and O–H groups in total. The van der Waals surface area contributed by atoms with Crippen LogP contribution in [0.15, 0.2) is 18.2 Å². The number of nitrogens with one attached hydrogen (secondary N) is 2. The number of benzene rings is 1. The second kappa shape index (κ2) is 6.99. The molecule has 0 spiro atoms. The second-order valence-electron chi connectivity index (χ2n) is 4.32. The van der Waals surface area contributed by atoms with E-state index in [1.807, 2.05) is 25.1 Å². The first-order valence-corrected chi connectivity index (χ1v) is 6.66. The number of para-hydroxylation sites is 1. The second-order valence-corrected chi connectivity index (χ2v) is 4.32. The molecule has 1 aliphatic rings. The smallest absolute Gasteiger partial charge is 0.221 e. The molecule has 1 aliphatic heterocycles. The van der Waals surface area contributed by atoms with Gasteiger partial charge in [-0.2, -0.15) is 0 Å². The summed E-state index contributed by atoms with van der Waals surface area (Å²) in [6.45, 7) is 5.10. The highest BCUT2D eigenvalue weighted by atomic mass is 16.6. The van der Waals surface area contributed by atoms with E-state index < -0.39 is 0 Å². The quantitative estimate of drug-likeness (QED) is 0.755. The van der Waals surface area contributed by atoms with Gasteiger partial charge in [0, 0.05) is 31.6 Å². The molecule has 0 aliphatic carbocycles. The molecule has 0 bridgehead atoms. The molecule has 104 valence electrons. The maximum atomic E-state index is 11.3. The van der Waals surface area contributed by atoms with Crippen molar-refractivity contribution in [2.24, 2.45) is 0 Å². The molecule has 5 heteroatoms. The van der Waals surface area contributed by atoms with Gasteiger partial charge in [0.2, 0.25) is 5.91 Å². The Bertz CT molecular complexity index is 435. The molecule has 0 saturated carbocycles. The van der Waals surface area contributed by atoms with E-state index in [-0.39, 0.29) is 5.91 Å². The predicted molar refractivity (Wildman–Crippen MR) is 72.4 cm³/mol. The average Bonchev–Trinajstić information content (AvgIpc) is 2.44. The molecule has 19 heavy (non-hydrogen) atoms. The number of rotatable bonds is 6. The minimum absolute atomic E-state index is 0.0738. The summed E-state index contributed by atoms with van der Waals surface area (Å²) in [7, 11) is 0. The molecule has 0 aromatic heterocycles. The van der Waals surface area contributed by atoms with Crippen molar-refractivity contribution in [3.05, 3.63) is 23.8 Å². The molecule has 0 unspecified atom stereocenters. The van der Waals surface area contributed by atoms with Gasteiger partial charge in [0.25, 0.3) is 0 Å². The first-order valence-electron chi connectivity index (χ1n) is 6.66. The van der Waals surface area contributed by atoms with Crippen LogP contribution in [-0.2, 0) is 11.3 Å². The van der Waals surface area contributed by atoms with Gasteiger partial charge in [-0.1, -0.05) is 12.1 Å². The lowest BCUT2D eigenvalue weighted by Gasteiger charge is -2.21. The van der Waals surface area contributed by atoms with Crippen molar-refractivity contribution < 1.29 is 14.3 Å². The van der Waals surface area contributed by atoms with Gasteiger partial charge in [-0.3, -0.25) is 4.79 Å². The van der Waals surface area contributed by atoms with Gasteiger partial charge in [0.1, 0.15) is 13.2 Å². The van der Waals surface area contributed by atoms with Crippen molar-refractivity contribution in [1.82, 2.24) is 10.6 Å². The lowest BCUT2D eigenvalue weighted by molar-refractivity contribution is -0.120. The van der Waals surface area contributed by atoms with E-state index in [4.69, 9.17) is 9.47 Å². The Labute approximate surface area is 113 Å². The Hall–Kier alpha value is -1.75. The molecule has 1 aromatic rings. The lowest BCUT2D eigenvalue weighted by atomic mass is 10.1. The first kappa shape index (κ1) is 13.7. The van der Waals surface area contributed by atoms with Crippen LogP contribution in [0.3, 0.4) is 0 Å². The minimum Gasteiger partial charge on any atom is -0.486 e. The van der Waals surface area contributed by atoms with Crippen LogP contribution in [0.2, 0.25) is 0 Å². The molecule has 1 amide bonds. The molecule has 0 radical (unpaired) electrons. The molecular formula is C14H20N2O3. The van der Waals surface area contributed by atoms with Gasteiger partial charge in [-0.15, -0.1) is 0 Å². The highest BCUT2D eigenvalue weighted by Crippen LogP contribution is 2.33. The largest absolute Gasteiger partial charge is 0.486 e. The van der Waals surface area contributed by atoms with Gasteiger partial charge < -0.3 is 20.1 Å². The zero-order valence-electron chi connectivity index (χ0n) is 11.2. The molecular weight excluding hydrogens is 244 g/mol. The first-order chi connectivity index (χ1) is 9.31. The predicted octanol–water partition coefficient (Wildman–Crippen LogP) is 1.07. The molecule has 0 fully saturated rings. The third kappa shape index (κ3) is 3.86. The van der Waals surface area contributed by atoms with Gasteiger partial charge in [-0.05, 0) is 13.0 Å². The van der Waals surface area contributed by atoms with E-state index in [0.717, 1.165) is 17.1 Å². The number of carbonyl (C=O) groups is 1. The molecule has 0 atom stereocenters. The number of amides is 1. The number of hydrogen-bond acceptors (Lipinski definition) is 4. The third-order valence-corrected chi connectivity index (χ3v) is 2.87. The Morgan fingerprint density at radius 2 is 2.16 bits per heavy atom. The van der Waals surface area contributed by atoms with Crippen LogP contribution in [0.1, 0.15) is 18.9 Å². The molecule has 5 nitrogen and oxygen atoms in total. The highest BCUT2D eigenvalue weighted by Gasteiger charge is 2.14. The maximum Gasteiger partial charge on any atom is 0.221 e. The molecule has 1 heterocycles. The third-order valence-electron chi connectivity index (χ3n) is 2.87. The number of carbonyl (C=O) groups excluding carboxylic acids is 1. The Morgan fingerprint density at radius 3 is 3.00 bits per heavy atom. The van der Waals surface area contributed by atoms with Crippen molar-refractivity contribution in [2.45, 2.75) is 19.9 Å². The summed E-state index contributed by atoms with van der Waals surface area (Å²) in [5, 5.41) is 6.02. The van der Waals surface area contributed by atoms with Crippen molar-refractivity contribution in [3.63, 3.8) is 0 Å². The van der Waals surface area contributed by atoms with Crippen molar-refractivity contribution >= 4 is 5.91 Å². The van der Waals surface area contributed by atoms with Crippen molar-refractivity contribution in [2.75, 3.05) is 26.3 Å². The summed E-state index contributed by atoms with van der Waals surface area (Å²) in [5.74, 6) is 1.69. The van der Waals surface area contributed by atoms with Crippen LogP contribution in [0.5, 0.6) is 11.5 Å². The summed E-state index contributed by atoms with van der Waals surface area (Å²) >= 11 is 0. The minimum atomic E-state index is 0.0738. The summed E-state index contributed by atoms with van der Waals surface area (Å²) in [4.78, 5) is 11.3. The Kier molecular flexibility index (Phi) is 5.03. The summed E-state index contributed by atoms with van der Waals surface area (Å²) in [6.07, 6.45) is 0.486. The number of hydrogen-bond donors (Lipinski definition) is 2. The van der Waals surface area contributed by atoms with E-state index in [9.17, 15) is 4.79 Å². The number of ether oxygens (including phenoxy) is 2. The van der Waals surface area contributed by atoms with Crippen molar-refractivity contribution in [3.8, 4) is 11.5 Å². The summed E-state index contributed by atoms with van der Waals surface area (Å²) in [5.41, 5.74) is 1.06. The van der Waals surface area contributed by atoms with E-state index in [2.05, 4.69) is 10.6 Å². The van der Waals surface area contributed by atoms with E-state index >= 15 is 0 Å². The monoisotopic (exact) mass is 264 g/mol. The summed E-state index contributed by atoms with van der Waals surface area (Å²) in [6, 6.07) is 5.87. The zero-order valence-corrected chi connectivity index (χ0v) is 11.2. The number of fused-ring (bicyclic) bond motifs is 1. The van der Waals surface area contributed by atoms with Gasteiger partial charge in [0.05, 0.1) is 0 Å². The summed E-state index contributed by atoms with van der Waals surface area (Å²) < 4.78 is 11.2. The molecule has 1 aromatic carbocycles. The lowest BCUT2D eigenvalue weighted by Crippen LogP contribution is -2.27. The molecule has 0 saturated heterocycles. The average molecular weight is 264 g/mol. The van der Waals surface area contributed by atoms with Gasteiger partial charge in [-0.25, -0.2) is 0 Å². The topological polar surface area (TPSA) is 59.6 Å². The highest BCUT2D eigenvalue weighted by molar-refractivity contribution is 5.75. The fourth-order valence-corrected chi connectivity index (χ4v) is 1.98. The fourth-order valence-electron chi connectivity index (χ4n) is 1.98. The van der Waals surface area contributed by atoms with Gasteiger partial charge >= 0.3 is 0 Å². The Morgan fingerprint density at radius 1 is 1.32 bits per heavy atom.